The zero-order valence-corrected chi connectivity index (χ0v) is 21.0. The van der Waals surface area contributed by atoms with E-state index in [1.54, 1.807) is 24.0 Å². The van der Waals surface area contributed by atoms with Crippen LogP contribution in [0, 0.1) is 12.7 Å². The maximum absolute atomic E-state index is 13.5. The first-order valence-electron chi connectivity index (χ1n) is 11.8. The molecule has 1 aliphatic heterocycles. The fraction of sp³-hybridized carbons (Fsp3) is 0.269. The summed E-state index contributed by atoms with van der Waals surface area (Å²) in [6.45, 7) is 4.49. The van der Waals surface area contributed by atoms with E-state index >= 15 is 0 Å². The van der Waals surface area contributed by atoms with Crippen molar-refractivity contribution in [3.8, 4) is 21.9 Å². The molecule has 0 spiro atoms. The molecule has 0 bridgehead atoms. The van der Waals surface area contributed by atoms with Gasteiger partial charge in [-0.1, -0.05) is 19.1 Å². The Balaban J connectivity index is 1.74. The van der Waals surface area contributed by atoms with Crippen LogP contribution in [-0.4, -0.2) is 43.5 Å². The number of carbonyl (C=O) groups is 2. The molecule has 11 heteroatoms. The molecule has 190 valence electrons. The van der Waals surface area contributed by atoms with Crippen LogP contribution in [0.15, 0.2) is 40.8 Å². The minimum Gasteiger partial charge on any atom is -0.421 e. The Morgan fingerprint density at radius 1 is 1.19 bits per heavy atom. The molecular weight excluding hydrogens is 497 g/mol. The normalized spacial score (nSPS) is 13.7. The maximum Gasteiger partial charge on any atom is 0.258 e. The number of aromatic nitrogens is 3. The highest BCUT2D eigenvalue weighted by atomic mass is 32.1. The summed E-state index contributed by atoms with van der Waals surface area (Å²) in [5, 5.41) is 19.2. The number of aliphatic hydroxyl groups is 1. The van der Waals surface area contributed by atoms with Crippen LogP contribution >= 0.6 is 11.3 Å². The molecule has 4 aromatic rings. The summed E-state index contributed by atoms with van der Waals surface area (Å²) >= 11 is 1.15. The zero-order valence-electron chi connectivity index (χ0n) is 20.2. The van der Waals surface area contributed by atoms with Gasteiger partial charge in [0.05, 0.1) is 40.0 Å². The third kappa shape index (κ3) is 4.63. The monoisotopic (exact) mass is 521 g/mol. The van der Waals surface area contributed by atoms with Crippen LogP contribution < -0.4 is 5.73 Å². The third-order valence-corrected chi connectivity index (χ3v) is 7.28. The number of amides is 2. The Morgan fingerprint density at radius 2 is 1.95 bits per heavy atom. The Morgan fingerprint density at radius 3 is 2.57 bits per heavy atom. The van der Waals surface area contributed by atoms with Gasteiger partial charge >= 0.3 is 0 Å². The maximum atomic E-state index is 13.5. The Kier molecular flexibility index (Phi) is 6.57. The van der Waals surface area contributed by atoms with E-state index in [2.05, 4.69) is 10.2 Å². The number of thiophene rings is 1. The summed E-state index contributed by atoms with van der Waals surface area (Å²) in [5.41, 5.74) is 8.34. The van der Waals surface area contributed by atoms with E-state index in [1.165, 1.54) is 24.3 Å². The molecule has 9 nitrogen and oxygen atoms in total. The lowest BCUT2D eigenvalue weighted by atomic mass is 9.93. The number of halogens is 1. The molecule has 37 heavy (non-hydrogen) atoms. The van der Waals surface area contributed by atoms with Crippen LogP contribution in [-0.2, 0) is 13.0 Å². The predicted octanol–water partition coefficient (Wildman–Crippen LogP) is 4.05. The highest BCUT2D eigenvalue weighted by Gasteiger charge is 2.36. The van der Waals surface area contributed by atoms with E-state index < -0.39 is 17.8 Å². The van der Waals surface area contributed by atoms with Gasteiger partial charge in [-0.25, -0.2) is 4.39 Å². The fourth-order valence-corrected chi connectivity index (χ4v) is 5.42. The van der Waals surface area contributed by atoms with Gasteiger partial charge in [0.15, 0.2) is 0 Å². The number of pyridine rings is 1. The fourth-order valence-electron chi connectivity index (χ4n) is 4.51. The number of hydrogen-bond donors (Lipinski definition) is 2. The molecule has 0 radical (unpaired) electrons. The van der Waals surface area contributed by atoms with Crippen LogP contribution in [0.5, 0.6) is 0 Å². The molecule has 3 N–H and O–H groups in total. The molecule has 0 saturated heterocycles. The lowest BCUT2D eigenvalue weighted by molar-refractivity contribution is 0.0778. The van der Waals surface area contributed by atoms with Gasteiger partial charge in [-0.3, -0.25) is 14.6 Å². The number of benzene rings is 1. The largest absolute Gasteiger partial charge is 0.421 e. The van der Waals surface area contributed by atoms with E-state index in [4.69, 9.17) is 15.1 Å². The van der Waals surface area contributed by atoms with Gasteiger partial charge < -0.3 is 20.2 Å². The molecule has 1 unspecified atom stereocenters. The highest BCUT2D eigenvalue weighted by molar-refractivity contribution is 7.17. The molecule has 1 aliphatic rings. The van der Waals surface area contributed by atoms with Crippen molar-refractivity contribution < 1.29 is 23.5 Å². The van der Waals surface area contributed by atoms with Crippen LogP contribution in [0.2, 0.25) is 0 Å². The van der Waals surface area contributed by atoms with Crippen molar-refractivity contribution in [1.82, 2.24) is 20.1 Å². The second kappa shape index (κ2) is 9.83. The topological polar surface area (TPSA) is 135 Å². The average molecular weight is 522 g/mol. The van der Waals surface area contributed by atoms with Crippen molar-refractivity contribution in [2.45, 2.75) is 39.3 Å². The summed E-state index contributed by atoms with van der Waals surface area (Å²) in [6.07, 6.45) is -0.208. The molecule has 0 fully saturated rings. The number of aryl methyl sites for hydroxylation is 1. The van der Waals surface area contributed by atoms with Gasteiger partial charge in [-0.2, -0.15) is 0 Å². The molecule has 4 heterocycles. The van der Waals surface area contributed by atoms with Crippen molar-refractivity contribution in [3.05, 3.63) is 75.5 Å². The zero-order chi connectivity index (χ0) is 26.3. The van der Waals surface area contributed by atoms with E-state index in [0.717, 1.165) is 17.8 Å². The summed E-state index contributed by atoms with van der Waals surface area (Å²) in [4.78, 5) is 32.9. The van der Waals surface area contributed by atoms with Crippen molar-refractivity contribution in [1.29, 1.82) is 0 Å². The number of hydrogen-bond acceptors (Lipinski definition) is 8. The van der Waals surface area contributed by atoms with Crippen LogP contribution in [0.25, 0.3) is 21.9 Å². The SMILES string of the molecule is CCCN1Cc2nc(CC(O)c3ccc(F)cc3)c(-c3nnc(C)o3)c(-c3ccc(C(N)=O)s3)c2C1=O. The third-order valence-electron chi connectivity index (χ3n) is 6.16. The number of aliphatic hydroxyl groups excluding tert-OH is 1. The number of nitrogens with zero attached hydrogens (tertiary/aromatic N) is 4. The molecule has 5 rings (SSSR count). The van der Waals surface area contributed by atoms with E-state index in [9.17, 15) is 19.1 Å². The first kappa shape index (κ1) is 24.7. The average Bonchev–Trinajstić information content (AvgIpc) is 3.59. The van der Waals surface area contributed by atoms with E-state index in [0.29, 0.717) is 62.4 Å². The van der Waals surface area contributed by atoms with Crippen LogP contribution in [0.3, 0.4) is 0 Å². The lowest BCUT2D eigenvalue weighted by Crippen LogP contribution is -2.24. The lowest BCUT2D eigenvalue weighted by Gasteiger charge is -2.17. The van der Waals surface area contributed by atoms with Gasteiger partial charge in [0.1, 0.15) is 5.82 Å². The van der Waals surface area contributed by atoms with E-state index in [-0.39, 0.29) is 18.2 Å². The second-order valence-electron chi connectivity index (χ2n) is 8.78. The molecule has 2 amide bonds. The van der Waals surface area contributed by atoms with Crippen molar-refractivity contribution in [2.75, 3.05) is 6.54 Å². The predicted molar refractivity (Wildman–Crippen MR) is 134 cm³/mol. The number of rotatable bonds is 8. The molecule has 0 saturated carbocycles. The minimum absolute atomic E-state index is 0.0404. The molecular formula is C26H24FN5O4S. The van der Waals surface area contributed by atoms with Crippen molar-refractivity contribution in [2.24, 2.45) is 5.73 Å². The van der Waals surface area contributed by atoms with Gasteiger partial charge in [0.2, 0.25) is 11.8 Å². The second-order valence-corrected chi connectivity index (χ2v) is 9.87. The first-order chi connectivity index (χ1) is 17.8. The van der Waals surface area contributed by atoms with Crippen molar-refractivity contribution >= 4 is 23.2 Å². The number of fused-ring (bicyclic) bond motifs is 1. The Labute approximate surface area is 215 Å². The van der Waals surface area contributed by atoms with Gasteiger partial charge in [0, 0.05) is 30.3 Å². The summed E-state index contributed by atoms with van der Waals surface area (Å²) < 4.78 is 19.3. The molecule has 1 atom stereocenters. The van der Waals surface area contributed by atoms with E-state index in [1.807, 2.05) is 6.92 Å². The van der Waals surface area contributed by atoms with Gasteiger partial charge in [-0.15, -0.1) is 21.5 Å². The van der Waals surface area contributed by atoms with Crippen LogP contribution in [0.4, 0.5) is 4.39 Å². The number of carbonyl (C=O) groups excluding carboxylic acids is 2. The minimum atomic E-state index is -1.02. The highest BCUT2D eigenvalue weighted by Crippen LogP contribution is 2.44. The molecule has 0 aliphatic carbocycles. The molecule has 3 aromatic heterocycles. The Bertz CT molecular complexity index is 1500. The smallest absolute Gasteiger partial charge is 0.258 e. The standard InChI is InChI=1S/C26H24FN5O4S/c1-3-10-32-12-17-22(26(32)35)23(19-8-9-20(37-19)24(28)34)21(25-31-30-13(2)36-25)16(29-17)11-18(33)14-4-6-15(27)7-5-14/h4-9,18,33H,3,10-12H2,1-2H3,(H2,28,34). The number of primary amides is 1. The quantitative estimate of drug-likeness (QED) is 0.357. The van der Waals surface area contributed by atoms with Gasteiger partial charge in [0.25, 0.3) is 11.8 Å². The summed E-state index contributed by atoms with van der Waals surface area (Å²) in [7, 11) is 0. The number of nitrogens with two attached hydrogens (primary N) is 1. The summed E-state index contributed by atoms with van der Waals surface area (Å²) in [5.74, 6) is -0.720. The molecule has 1 aromatic carbocycles. The van der Waals surface area contributed by atoms with Crippen LogP contribution in [0.1, 0.15) is 62.3 Å². The summed E-state index contributed by atoms with van der Waals surface area (Å²) in [6, 6.07) is 8.91. The first-order valence-corrected chi connectivity index (χ1v) is 12.6. The van der Waals surface area contributed by atoms with Crippen molar-refractivity contribution in [3.63, 3.8) is 0 Å². The Hall–Kier alpha value is -3.96. The van der Waals surface area contributed by atoms with Gasteiger partial charge in [-0.05, 0) is 36.2 Å².